The molecule has 0 radical (unpaired) electrons. The van der Waals surface area contributed by atoms with Crippen LogP contribution >= 0.6 is 23.2 Å². The number of benzene rings is 2. The predicted octanol–water partition coefficient (Wildman–Crippen LogP) is 5.67. The molecule has 2 rings (SSSR count). The van der Waals surface area contributed by atoms with Gasteiger partial charge >= 0.3 is 0 Å². The maximum atomic E-state index is 13.3. The molecule has 0 bridgehead atoms. The number of aryl methyl sites for hydroxylation is 2. The molecule has 0 saturated heterocycles. The van der Waals surface area contributed by atoms with E-state index in [1.54, 1.807) is 0 Å². The first-order valence-corrected chi connectivity index (χ1v) is 10.5. The van der Waals surface area contributed by atoms with Gasteiger partial charge in [0.25, 0.3) is 0 Å². The van der Waals surface area contributed by atoms with Crippen molar-refractivity contribution in [3.63, 3.8) is 0 Å². The predicted molar refractivity (Wildman–Crippen MR) is 120 cm³/mol. The van der Waals surface area contributed by atoms with Gasteiger partial charge in [-0.05, 0) is 48.2 Å². The Kier molecular flexibility index (Phi) is 8.68. The summed E-state index contributed by atoms with van der Waals surface area (Å²) in [7, 11) is 6.11. The molecular weight excluding hydrogens is 427 g/mol. The number of methoxy groups -OCH3 is 4. The van der Waals surface area contributed by atoms with Crippen molar-refractivity contribution >= 4 is 29.0 Å². The van der Waals surface area contributed by atoms with Crippen LogP contribution in [0.1, 0.15) is 46.9 Å². The zero-order chi connectivity index (χ0) is 22.4. The van der Waals surface area contributed by atoms with Crippen LogP contribution in [0.4, 0.5) is 0 Å². The minimum atomic E-state index is -1.09. The third-order valence-corrected chi connectivity index (χ3v) is 5.90. The van der Waals surface area contributed by atoms with Crippen molar-refractivity contribution in [2.75, 3.05) is 28.4 Å². The molecule has 30 heavy (non-hydrogen) atoms. The summed E-state index contributed by atoms with van der Waals surface area (Å²) in [4.78, 5) is 13.3. The second kappa shape index (κ2) is 10.8. The van der Waals surface area contributed by atoms with Crippen molar-refractivity contribution in [2.45, 2.75) is 37.4 Å². The van der Waals surface area contributed by atoms with E-state index in [9.17, 15) is 4.79 Å². The molecule has 0 aliphatic rings. The Balaban J connectivity index is 2.54. The van der Waals surface area contributed by atoms with Crippen LogP contribution in [0.25, 0.3) is 0 Å². The summed E-state index contributed by atoms with van der Waals surface area (Å²) < 4.78 is 22.0. The van der Waals surface area contributed by atoms with E-state index < -0.39 is 16.5 Å². The van der Waals surface area contributed by atoms with Crippen LogP contribution in [0.3, 0.4) is 0 Å². The van der Waals surface area contributed by atoms with Gasteiger partial charge in [0.05, 0.1) is 39.6 Å². The van der Waals surface area contributed by atoms with Gasteiger partial charge in [-0.1, -0.05) is 13.8 Å². The Morgan fingerprint density at radius 1 is 0.700 bits per heavy atom. The first kappa shape index (κ1) is 24.2. The minimum absolute atomic E-state index is 0.431. The van der Waals surface area contributed by atoms with Gasteiger partial charge in [-0.2, -0.15) is 0 Å². The van der Waals surface area contributed by atoms with Crippen molar-refractivity contribution in [2.24, 2.45) is 0 Å². The van der Waals surface area contributed by atoms with Crippen molar-refractivity contribution in [3.8, 4) is 23.0 Å². The van der Waals surface area contributed by atoms with E-state index in [-0.39, 0.29) is 0 Å². The maximum Gasteiger partial charge on any atom is 0.177 e. The van der Waals surface area contributed by atoms with E-state index >= 15 is 0 Å². The van der Waals surface area contributed by atoms with Crippen LogP contribution in [-0.2, 0) is 17.6 Å². The molecule has 0 amide bonds. The summed E-state index contributed by atoms with van der Waals surface area (Å²) in [5.41, 5.74) is 2.89. The Hall–Kier alpha value is -2.11. The van der Waals surface area contributed by atoms with Crippen LogP contribution in [0.5, 0.6) is 23.0 Å². The average Bonchev–Trinajstić information content (AvgIpc) is 2.80. The lowest BCUT2D eigenvalue weighted by molar-refractivity contribution is -0.118. The van der Waals surface area contributed by atoms with Gasteiger partial charge in [0.2, 0.25) is 0 Å². The maximum absolute atomic E-state index is 13.3. The number of halogens is 2. The third kappa shape index (κ3) is 4.79. The van der Waals surface area contributed by atoms with Crippen molar-refractivity contribution in [1.82, 2.24) is 0 Å². The number of carbonyl (C=O) groups excluding carboxylic acids is 1. The van der Waals surface area contributed by atoms with Gasteiger partial charge in [0, 0.05) is 0 Å². The number of ketones is 1. The molecule has 5 nitrogen and oxygen atoms in total. The summed E-state index contributed by atoms with van der Waals surface area (Å²) in [5, 5.41) is -2.19. The molecule has 0 aliphatic heterocycles. The highest BCUT2D eigenvalue weighted by molar-refractivity contribution is 6.40. The van der Waals surface area contributed by atoms with Gasteiger partial charge < -0.3 is 18.9 Å². The molecule has 0 N–H and O–H groups in total. The van der Waals surface area contributed by atoms with E-state index in [2.05, 4.69) is 0 Å². The summed E-state index contributed by atoms with van der Waals surface area (Å²) in [6.45, 7) is 4.04. The molecule has 2 aromatic carbocycles. The molecule has 0 aromatic heterocycles. The standard InChI is InChI=1S/C23H28Cl2O5/c1-7-13-9-15(27-3)19(16(10-13)28-4)21(24)23(26)22(25)20-17(29-5)11-14(8-2)12-18(20)30-6/h9-12,21-22H,7-8H2,1-6H3. The fraction of sp³-hybridized carbons (Fsp3) is 0.435. The zero-order valence-electron chi connectivity index (χ0n) is 18.2. The van der Waals surface area contributed by atoms with Gasteiger partial charge in [0.1, 0.15) is 33.8 Å². The number of carbonyl (C=O) groups is 1. The lowest BCUT2D eigenvalue weighted by Gasteiger charge is -2.22. The third-order valence-electron chi connectivity index (χ3n) is 5.03. The fourth-order valence-electron chi connectivity index (χ4n) is 3.31. The van der Waals surface area contributed by atoms with Crippen LogP contribution in [-0.4, -0.2) is 34.2 Å². The number of hydrogen-bond donors (Lipinski definition) is 0. The molecule has 2 aromatic rings. The summed E-state index contributed by atoms with van der Waals surface area (Å²) in [6, 6.07) is 7.39. The SMILES string of the molecule is CCc1cc(OC)c(C(Cl)C(=O)C(Cl)c2c(OC)cc(CC)cc2OC)c(OC)c1. The molecule has 0 fully saturated rings. The van der Waals surface area contributed by atoms with Crippen LogP contribution < -0.4 is 18.9 Å². The topological polar surface area (TPSA) is 54.0 Å². The van der Waals surface area contributed by atoms with Crippen LogP contribution in [0, 0.1) is 0 Å². The average molecular weight is 455 g/mol. The van der Waals surface area contributed by atoms with Crippen LogP contribution in [0.2, 0.25) is 0 Å². The second-order valence-corrected chi connectivity index (χ2v) is 7.54. The lowest BCUT2D eigenvalue weighted by atomic mass is 9.96. The normalized spacial score (nSPS) is 12.8. The smallest absolute Gasteiger partial charge is 0.177 e. The highest BCUT2D eigenvalue weighted by Crippen LogP contribution is 2.46. The van der Waals surface area contributed by atoms with Crippen molar-refractivity contribution < 1.29 is 23.7 Å². The fourth-order valence-corrected chi connectivity index (χ4v) is 4.05. The lowest BCUT2D eigenvalue weighted by Crippen LogP contribution is -2.17. The van der Waals surface area contributed by atoms with E-state index in [1.807, 2.05) is 38.1 Å². The van der Waals surface area contributed by atoms with E-state index in [1.165, 1.54) is 28.4 Å². The molecule has 7 heteroatoms. The number of hydrogen-bond acceptors (Lipinski definition) is 5. The first-order valence-electron chi connectivity index (χ1n) is 9.68. The highest BCUT2D eigenvalue weighted by Gasteiger charge is 2.34. The van der Waals surface area contributed by atoms with Crippen molar-refractivity contribution in [1.29, 1.82) is 0 Å². The molecular formula is C23H28Cl2O5. The monoisotopic (exact) mass is 454 g/mol. The van der Waals surface area contributed by atoms with Gasteiger partial charge in [-0.25, -0.2) is 0 Å². The summed E-state index contributed by atoms with van der Waals surface area (Å²) >= 11 is 13.3. The van der Waals surface area contributed by atoms with Gasteiger partial charge in [-0.3, -0.25) is 4.79 Å². The second-order valence-electron chi connectivity index (χ2n) is 6.66. The molecule has 164 valence electrons. The quantitative estimate of drug-likeness (QED) is 0.432. The first-order chi connectivity index (χ1) is 14.4. The van der Waals surface area contributed by atoms with Gasteiger partial charge in [-0.15, -0.1) is 23.2 Å². The Labute approximate surface area is 188 Å². The Bertz CT molecular complexity index is 776. The molecule has 0 heterocycles. The Morgan fingerprint density at radius 3 is 1.17 bits per heavy atom. The largest absolute Gasteiger partial charge is 0.496 e. The molecule has 2 unspecified atom stereocenters. The van der Waals surface area contributed by atoms with Crippen molar-refractivity contribution in [3.05, 3.63) is 46.5 Å². The van der Waals surface area contributed by atoms with Gasteiger partial charge in [0.15, 0.2) is 5.78 Å². The number of alkyl halides is 2. The summed E-state index contributed by atoms with van der Waals surface area (Å²) in [5.74, 6) is 1.47. The number of Topliss-reactive ketones (excluding diaryl/α,β-unsaturated/α-hetero) is 1. The van der Waals surface area contributed by atoms with E-state index in [0.717, 1.165) is 24.0 Å². The molecule has 0 aliphatic carbocycles. The van der Waals surface area contributed by atoms with E-state index in [0.29, 0.717) is 34.1 Å². The Morgan fingerprint density at radius 2 is 0.967 bits per heavy atom. The zero-order valence-corrected chi connectivity index (χ0v) is 19.7. The van der Waals surface area contributed by atoms with E-state index in [4.69, 9.17) is 42.1 Å². The summed E-state index contributed by atoms with van der Waals surface area (Å²) in [6.07, 6.45) is 1.56. The molecule has 0 saturated carbocycles. The molecule has 2 atom stereocenters. The highest BCUT2D eigenvalue weighted by atomic mass is 35.5. The number of ether oxygens (including phenoxy) is 4. The number of rotatable bonds is 10. The minimum Gasteiger partial charge on any atom is -0.496 e. The molecule has 0 spiro atoms. The van der Waals surface area contributed by atoms with Crippen LogP contribution in [0.15, 0.2) is 24.3 Å².